The number of nitrogens with zero attached hydrogens (tertiary/aromatic N) is 1. The van der Waals surface area contributed by atoms with Gasteiger partial charge in [0.2, 0.25) is 5.91 Å². The number of hydrogen-bond acceptors (Lipinski definition) is 3. The van der Waals surface area contributed by atoms with E-state index in [2.05, 4.69) is 30.7 Å². The summed E-state index contributed by atoms with van der Waals surface area (Å²) in [6.45, 7) is 5.55. The van der Waals surface area contributed by atoms with Crippen molar-refractivity contribution in [2.45, 2.75) is 45.7 Å². The van der Waals surface area contributed by atoms with Crippen molar-refractivity contribution in [2.24, 2.45) is 5.41 Å². The first-order valence-corrected chi connectivity index (χ1v) is 7.88. The predicted octanol–water partition coefficient (Wildman–Crippen LogP) is 3.30. The van der Waals surface area contributed by atoms with Crippen molar-refractivity contribution < 1.29 is 9.53 Å². The van der Waals surface area contributed by atoms with Crippen LogP contribution in [0.4, 0.5) is 0 Å². The van der Waals surface area contributed by atoms with Gasteiger partial charge >= 0.3 is 0 Å². The predicted molar refractivity (Wildman–Crippen MR) is 78.2 cm³/mol. The monoisotopic (exact) mass is 281 g/mol. The van der Waals surface area contributed by atoms with Crippen LogP contribution >= 0.6 is 11.3 Å². The van der Waals surface area contributed by atoms with E-state index in [0.29, 0.717) is 6.61 Å². The highest BCUT2D eigenvalue weighted by molar-refractivity contribution is 7.07. The molecule has 1 saturated carbocycles. The second kappa shape index (κ2) is 6.06. The average Bonchev–Trinajstić information content (AvgIpc) is 3.01. The first-order valence-electron chi connectivity index (χ1n) is 6.94. The molecule has 106 valence electrons. The van der Waals surface area contributed by atoms with Crippen molar-refractivity contribution in [3.05, 3.63) is 22.4 Å². The van der Waals surface area contributed by atoms with Crippen LogP contribution in [-0.2, 0) is 16.1 Å². The number of ether oxygens (including phenoxy) is 1. The molecule has 1 aliphatic carbocycles. The summed E-state index contributed by atoms with van der Waals surface area (Å²) in [5, 5.41) is 4.19. The maximum absolute atomic E-state index is 12.8. The minimum absolute atomic E-state index is 0.228. The van der Waals surface area contributed by atoms with Gasteiger partial charge in [-0.05, 0) is 48.6 Å². The highest BCUT2D eigenvalue weighted by Crippen LogP contribution is 2.48. The largest absolute Gasteiger partial charge is 0.384 e. The van der Waals surface area contributed by atoms with Crippen LogP contribution < -0.4 is 0 Å². The van der Waals surface area contributed by atoms with Crippen LogP contribution in [0.3, 0.4) is 0 Å². The lowest BCUT2D eigenvalue weighted by atomic mass is 10.0. The topological polar surface area (TPSA) is 29.5 Å². The summed E-state index contributed by atoms with van der Waals surface area (Å²) in [6.07, 6.45) is 2.92. The Morgan fingerprint density at radius 2 is 2.32 bits per heavy atom. The van der Waals surface area contributed by atoms with Gasteiger partial charge in [-0.25, -0.2) is 0 Å². The molecule has 3 nitrogen and oxygen atoms in total. The molecule has 1 unspecified atom stereocenters. The molecule has 1 amide bonds. The molecular formula is C15H23NO2S. The van der Waals surface area contributed by atoms with Gasteiger partial charge in [-0.15, -0.1) is 0 Å². The first-order chi connectivity index (χ1) is 9.13. The van der Waals surface area contributed by atoms with Gasteiger partial charge < -0.3 is 9.64 Å². The Labute approximate surface area is 119 Å². The molecule has 0 spiro atoms. The number of thiophene rings is 1. The summed E-state index contributed by atoms with van der Waals surface area (Å²) in [5.41, 5.74) is 1.00. The van der Waals surface area contributed by atoms with E-state index < -0.39 is 0 Å². The fourth-order valence-electron chi connectivity index (χ4n) is 2.38. The smallest absolute Gasteiger partial charge is 0.231 e. The number of amides is 1. The lowest BCUT2D eigenvalue weighted by molar-refractivity contribution is -0.142. The SMILES string of the molecule is CCC(C)N(Cc1ccsc1)C(=O)C1(COC)CC1. The van der Waals surface area contributed by atoms with E-state index in [1.807, 2.05) is 4.90 Å². The van der Waals surface area contributed by atoms with Gasteiger partial charge in [0.25, 0.3) is 0 Å². The average molecular weight is 281 g/mol. The number of rotatable bonds is 7. The fourth-order valence-corrected chi connectivity index (χ4v) is 3.04. The second-order valence-electron chi connectivity index (χ2n) is 5.54. The molecule has 1 aromatic rings. The van der Waals surface area contributed by atoms with Gasteiger partial charge in [-0.1, -0.05) is 6.92 Å². The first kappa shape index (κ1) is 14.5. The zero-order valence-corrected chi connectivity index (χ0v) is 12.8. The van der Waals surface area contributed by atoms with Gasteiger partial charge in [-0.3, -0.25) is 4.79 Å². The maximum atomic E-state index is 12.8. The molecule has 0 N–H and O–H groups in total. The van der Waals surface area contributed by atoms with Crippen molar-refractivity contribution in [1.82, 2.24) is 4.90 Å². The van der Waals surface area contributed by atoms with E-state index in [-0.39, 0.29) is 17.4 Å². The molecule has 1 atom stereocenters. The molecule has 1 fully saturated rings. The maximum Gasteiger partial charge on any atom is 0.231 e. The number of carbonyl (C=O) groups excluding carboxylic acids is 1. The van der Waals surface area contributed by atoms with Crippen LogP contribution in [-0.4, -0.2) is 30.6 Å². The molecule has 2 rings (SSSR count). The molecule has 0 aliphatic heterocycles. The third-order valence-corrected chi connectivity index (χ3v) is 4.78. The van der Waals surface area contributed by atoms with E-state index in [4.69, 9.17) is 4.74 Å². The zero-order valence-electron chi connectivity index (χ0n) is 12.0. The Morgan fingerprint density at radius 3 is 2.79 bits per heavy atom. The summed E-state index contributed by atoms with van der Waals surface area (Å²) in [6, 6.07) is 2.38. The van der Waals surface area contributed by atoms with Crippen LogP contribution in [0.2, 0.25) is 0 Å². The van der Waals surface area contributed by atoms with Crippen LogP contribution in [0.1, 0.15) is 38.7 Å². The Hall–Kier alpha value is -0.870. The molecular weight excluding hydrogens is 258 g/mol. The standard InChI is InChI=1S/C15H23NO2S/c1-4-12(2)16(9-13-5-8-19-10-13)14(17)15(6-7-15)11-18-3/h5,8,10,12H,4,6-7,9,11H2,1-3H3. The molecule has 0 bridgehead atoms. The summed E-state index contributed by atoms with van der Waals surface area (Å²) in [7, 11) is 1.68. The Morgan fingerprint density at radius 1 is 1.58 bits per heavy atom. The van der Waals surface area contributed by atoms with E-state index in [1.165, 1.54) is 5.56 Å². The summed E-state index contributed by atoms with van der Waals surface area (Å²) in [5.74, 6) is 0.273. The van der Waals surface area contributed by atoms with Gasteiger partial charge in [0.15, 0.2) is 0 Å². The Kier molecular flexibility index (Phi) is 4.63. The van der Waals surface area contributed by atoms with E-state index in [9.17, 15) is 4.79 Å². The molecule has 0 radical (unpaired) electrons. The van der Waals surface area contributed by atoms with E-state index in [1.54, 1.807) is 18.4 Å². The Bertz CT molecular complexity index is 412. The van der Waals surface area contributed by atoms with Crippen molar-refractivity contribution in [2.75, 3.05) is 13.7 Å². The number of hydrogen-bond donors (Lipinski definition) is 0. The highest BCUT2D eigenvalue weighted by atomic mass is 32.1. The van der Waals surface area contributed by atoms with Gasteiger partial charge in [0.05, 0.1) is 12.0 Å². The van der Waals surface area contributed by atoms with Crippen LogP contribution in [0.25, 0.3) is 0 Å². The molecule has 0 aromatic carbocycles. The minimum atomic E-state index is -0.228. The Balaban J connectivity index is 2.11. The van der Waals surface area contributed by atoms with Crippen molar-refractivity contribution >= 4 is 17.2 Å². The van der Waals surface area contributed by atoms with Crippen molar-refractivity contribution in [1.29, 1.82) is 0 Å². The summed E-state index contributed by atoms with van der Waals surface area (Å²) < 4.78 is 5.24. The lowest BCUT2D eigenvalue weighted by Gasteiger charge is -2.32. The van der Waals surface area contributed by atoms with E-state index in [0.717, 1.165) is 25.8 Å². The quantitative estimate of drug-likeness (QED) is 0.767. The summed E-state index contributed by atoms with van der Waals surface area (Å²) >= 11 is 1.68. The molecule has 19 heavy (non-hydrogen) atoms. The van der Waals surface area contributed by atoms with Gasteiger partial charge in [0, 0.05) is 19.7 Å². The third kappa shape index (κ3) is 3.18. The molecule has 1 heterocycles. The van der Waals surface area contributed by atoms with Gasteiger partial charge in [0.1, 0.15) is 0 Å². The normalized spacial score (nSPS) is 18.1. The molecule has 1 aromatic heterocycles. The van der Waals surface area contributed by atoms with Crippen molar-refractivity contribution in [3.8, 4) is 0 Å². The zero-order chi connectivity index (χ0) is 13.9. The van der Waals surface area contributed by atoms with Crippen molar-refractivity contribution in [3.63, 3.8) is 0 Å². The molecule has 0 saturated heterocycles. The number of methoxy groups -OCH3 is 1. The molecule has 1 aliphatic rings. The highest BCUT2D eigenvalue weighted by Gasteiger charge is 2.52. The second-order valence-corrected chi connectivity index (χ2v) is 6.32. The van der Waals surface area contributed by atoms with E-state index >= 15 is 0 Å². The van der Waals surface area contributed by atoms with Crippen LogP contribution in [0.15, 0.2) is 16.8 Å². The van der Waals surface area contributed by atoms with Crippen LogP contribution in [0.5, 0.6) is 0 Å². The summed E-state index contributed by atoms with van der Waals surface area (Å²) in [4.78, 5) is 14.8. The van der Waals surface area contributed by atoms with Gasteiger partial charge in [-0.2, -0.15) is 11.3 Å². The lowest BCUT2D eigenvalue weighted by Crippen LogP contribution is -2.43. The third-order valence-electron chi connectivity index (χ3n) is 4.04. The molecule has 4 heteroatoms. The number of carbonyl (C=O) groups is 1. The minimum Gasteiger partial charge on any atom is -0.384 e. The van der Waals surface area contributed by atoms with Crippen LogP contribution in [0, 0.1) is 5.41 Å². The fraction of sp³-hybridized carbons (Fsp3) is 0.667.